The fourth-order valence-electron chi connectivity index (χ4n) is 3.64. The molecule has 0 saturated carbocycles. The van der Waals surface area contributed by atoms with Crippen molar-refractivity contribution >= 4 is 23.0 Å². The van der Waals surface area contributed by atoms with Gasteiger partial charge in [-0.3, -0.25) is 9.59 Å². The molecule has 8 heteroatoms. The van der Waals surface area contributed by atoms with Gasteiger partial charge in [-0.05, 0) is 62.9 Å². The minimum Gasteiger partial charge on any atom is -0.341 e. The first kappa shape index (κ1) is 19.0. The number of aryl methyl sites for hydroxylation is 1. The molecule has 0 radical (unpaired) electrons. The number of fused-ring (bicyclic) bond motifs is 1. The number of carbonyl (C=O) groups is 2. The van der Waals surface area contributed by atoms with Crippen LogP contribution in [0.1, 0.15) is 42.1 Å². The van der Waals surface area contributed by atoms with Crippen LogP contribution in [0, 0.1) is 6.92 Å². The Balaban J connectivity index is 1.55. The number of pyridine rings is 1. The molecule has 3 heterocycles. The lowest BCUT2D eigenvalue weighted by Crippen LogP contribution is -2.48. The van der Waals surface area contributed by atoms with E-state index >= 15 is 0 Å². The molecule has 0 spiro atoms. The average Bonchev–Trinajstić information content (AvgIpc) is 3.18. The maximum absolute atomic E-state index is 12.8. The molecular weight excluding hydrogens is 368 g/mol. The summed E-state index contributed by atoms with van der Waals surface area (Å²) in [5.41, 5.74) is 3.44. The Hall–Kier alpha value is -3.29. The van der Waals surface area contributed by atoms with Crippen molar-refractivity contribution in [1.29, 1.82) is 0 Å². The summed E-state index contributed by atoms with van der Waals surface area (Å²) in [5, 5.41) is 11.2. The standard InChI is InChI=1S/C21H24N6O2/c1-14-8-9-16(13-18(14)27-19-17(24-25-27)7-6-10-22-19)20(28)23-15(2)21(29)26-11-4-3-5-12-26/h6-10,13,15H,3-5,11-12H2,1-2H3,(H,23,28). The van der Waals surface area contributed by atoms with Crippen molar-refractivity contribution in [3.05, 3.63) is 47.7 Å². The van der Waals surface area contributed by atoms with E-state index in [4.69, 9.17) is 0 Å². The second kappa shape index (κ2) is 7.98. The highest BCUT2D eigenvalue weighted by molar-refractivity contribution is 5.98. The molecule has 4 rings (SSSR count). The highest BCUT2D eigenvalue weighted by atomic mass is 16.2. The molecular formula is C21H24N6O2. The topological polar surface area (TPSA) is 93.0 Å². The fourth-order valence-corrected chi connectivity index (χ4v) is 3.64. The summed E-state index contributed by atoms with van der Waals surface area (Å²) < 4.78 is 1.63. The van der Waals surface area contributed by atoms with Crippen molar-refractivity contribution in [2.24, 2.45) is 0 Å². The normalized spacial score (nSPS) is 15.3. The summed E-state index contributed by atoms with van der Waals surface area (Å²) >= 11 is 0. The Kier molecular flexibility index (Phi) is 5.24. The molecule has 1 aliphatic heterocycles. The van der Waals surface area contributed by atoms with Crippen molar-refractivity contribution in [1.82, 2.24) is 30.2 Å². The molecule has 2 aromatic heterocycles. The quantitative estimate of drug-likeness (QED) is 0.735. The van der Waals surface area contributed by atoms with Crippen molar-refractivity contribution in [2.45, 2.75) is 39.2 Å². The lowest BCUT2D eigenvalue weighted by Gasteiger charge is -2.29. The molecule has 2 amide bonds. The van der Waals surface area contributed by atoms with E-state index in [1.807, 2.05) is 24.0 Å². The Morgan fingerprint density at radius 2 is 1.93 bits per heavy atom. The molecule has 0 bridgehead atoms. The van der Waals surface area contributed by atoms with Crippen molar-refractivity contribution in [2.75, 3.05) is 13.1 Å². The zero-order valence-corrected chi connectivity index (χ0v) is 16.6. The lowest BCUT2D eigenvalue weighted by atomic mass is 10.1. The van der Waals surface area contributed by atoms with Gasteiger partial charge in [0, 0.05) is 24.8 Å². The van der Waals surface area contributed by atoms with E-state index in [0.29, 0.717) is 16.7 Å². The highest BCUT2D eigenvalue weighted by Gasteiger charge is 2.24. The molecule has 8 nitrogen and oxygen atoms in total. The summed E-state index contributed by atoms with van der Waals surface area (Å²) in [6, 6.07) is 8.44. The van der Waals surface area contributed by atoms with Crippen LogP contribution in [0.15, 0.2) is 36.5 Å². The number of likely N-dealkylation sites (tertiary alicyclic amines) is 1. The highest BCUT2D eigenvalue weighted by Crippen LogP contribution is 2.19. The van der Waals surface area contributed by atoms with E-state index in [9.17, 15) is 9.59 Å². The SMILES string of the molecule is Cc1ccc(C(=O)NC(C)C(=O)N2CCCCC2)cc1-n1nnc2cccnc21. The van der Waals surface area contributed by atoms with E-state index < -0.39 is 6.04 Å². The first-order valence-corrected chi connectivity index (χ1v) is 9.92. The van der Waals surface area contributed by atoms with Gasteiger partial charge in [-0.15, -0.1) is 5.10 Å². The van der Waals surface area contributed by atoms with Gasteiger partial charge in [0.1, 0.15) is 11.6 Å². The van der Waals surface area contributed by atoms with Crippen LogP contribution in [-0.2, 0) is 4.79 Å². The Morgan fingerprint density at radius 1 is 1.14 bits per heavy atom. The average molecular weight is 392 g/mol. The second-order valence-corrected chi connectivity index (χ2v) is 7.43. The molecule has 1 unspecified atom stereocenters. The summed E-state index contributed by atoms with van der Waals surface area (Å²) in [7, 11) is 0. The van der Waals surface area contributed by atoms with Gasteiger partial charge in [-0.25, -0.2) is 4.98 Å². The molecule has 1 aromatic carbocycles. The van der Waals surface area contributed by atoms with Crippen LogP contribution in [0.2, 0.25) is 0 Å². The van der Waals surface area contributed by atoms with E-state index in [-0.39, 0.29) is 11.8 Å². The van der Waals surface area contributed by atoms with Crippen molar-refractivity contribution < 1.29 is 9.59 Å². The van der Waals surface area contributed by atoms with Crippen LogP contribution in [-0.4, -0.2) is 55.8 Å². The smallest absolute Gasteiger partial charge is 0.251 e. The third kappa shape index (κ3) is 3.83. The third-order valence-electron chi connectivity index (χ3n) is 5.29. The van der Waals surface area contributed by atoms with Gasteiger partial charge in [0.25, 0.3) is 5.91 Å². The molecule has 1 atom stereocenters. The number of aromatic nitrogens is 4. The van der Waals surface area contributed by atoms with Gasteiger partial charge >= 0.3 is 0 Å². The van der Waals surface area contributed by atoms with E-state index in [1.54, 1.807) is 36.0 Å². The number of amides is 2. The minimum absolute atomic E-state index is 0.0307. The van der Waals surface area contributed by atoms with Crippen LogP contribution >= 0.6 is 0 Å². The first-order chi connectivity index (χ1) is 14.0. The molecule has 29 heavy (non-hydrogen) atoms. The van der Waals surface area contributed by atoms with Gasteiger partial charge < -0.3 is 10.2 Å². The van der Waals surface area contributed by atoms with Crippen LogP contribution in [0.3, 0.4) is 0 Å². The fraction of sp³-hybridized carbons (Fsp3) is 0.381. The number of nitrogens with zero attached hydrogens (tertiary/aromatic N) is 5. The lowest BCUT2D eigenvalue weighted by molar-refractivity contribution is -0.133. The van der Waals surface area contributed by atoms with Crippen LogP contribution in [0.25, 0.3) is 16.9 Å². The predicted octanol–water partition coefficient (Wildman–Crippen LogP) is 2.25. The number of hydrogen-bond acceptors (Lipinski definition) is 5. The summed E-state index contributed by atoms with van der Waals surface area (Å²) in [4.78, 5) is 31.6. The third-order valence-corrected chi connectivity index (χ3v) is 5.29. The summed E-state index contributed by atoms with van der Waals surface area (Å²) in [5.74, 6) is -0.321. The maximum Gasteiger partial charge on any atom is 0.251 e. The van der Waals surface area contributed by atoms with E-state index in [1.165, 1.54) is 0 Å². The van der Waals surface area contributed by atoms with Crippen LogP contribution in [0.4, 0.5) is 0 Å². The van der Waals surface area contributed by atoms with Gasteiger partial charge in [-0.2, -0.15) is 4.68 Å². The zero-order valence-electron chi connectivity index (χ0n) is 16.6. The minimum atomic E-state index is -0.570. The Bertz CT molecular complexity index is 1050. The summed E-state index contributed by atoms with van der Waals surface area (Å²) in [6.07, 6.45) is 4.88. The molecule has 1 saturated heterocycles. The number of nitrogens with one attached hydrogen (secondary N) is 1. The number of hydrogen-bond donors (Lipinski definition) is 1. The van der Waals surface area contributed by atoms with Gasteiger partial charge in [0.15, 0.2) is 5.65 Å². The Morgan fingerprint density at radius 3 is 2.72 bits per heavy atom. The van der Waals surface area contributed by atoms with Crippen LogP contribution < -0.4 is 5.32 Å². The summed E-state index contributed by atoms with van der Waals surface area (Å²) in [6.45, 7) is 5.20. The largest absolute Gasteiger partial charge is 0.341 e. The predicted molar refractivity (Wildman–Crippen MR) is 109 cm³/mol. The number of piperidine rings is 1. The monoisotopic (exact) mass is 392 g/mol. The number of carbonyl (C=O) groups excluding carboxylic acids is 2. The van der Waals surface area contributed by atoms with Gasteiger partial charge in [0.2, 0.25) is 5.91 Å². The number of rotatable bonds is 4. The first-order valence-electron chi connectivity index (χ1n) is 9.92. The van der Waals surface area contributed by atoms with Crippen molar-refractivity contribution in [3.8, 4) is 5.69 Å². The van der Waals surface area contributed by atoms with E-state index in [2.05, 4.69) is 20.6 Å². The van der Waals surface area contributed by atoms with Crippen LogP contribution in [0.5, 0.6) is 0 Å². The maximum atomic E-state index is 12.8. The molecule has 1 aliphatic rings. The zero-order chi connectivity index (χ0) is 20.4. The van der Waals surface area contributed by atoms with Gasteiger partial charge in [-0.1, -0.05) is 11.3 Å². The molecule has 1 N–H and O–H groups in total. The molecule has 0 aliphatic carbocycles. The van der Waals surface area contributed by atoms with Crippen molar-refractivity contribution in [3.63, 3.8) is 0 Å². The molecule has 150 valence electrons. The van der Waals surface area contributed by atoms with E-state index in [0.717, 1.165) is 43.6 Å². The molecule has 3 aromatic rings. The number of benzene rings is 1. The second-order valence-electron chi connectivity index (χ2n) is 7.43. The Labute approximate surface area is 168 Å². The van der Waals surface area contributed by atoms with Gasteiger partial charge in [0.05, 0.1) is 5.69 Å². The molecule has 1 fully saturated rings.